The number of primary amides is 1. The highest BCUT2D eigenvalue weighted by molar-refractivity contribution is 5.80. The molecule has 15 heavy (non-hydrogen) atoms. The highest BCUT2D eigenvalue weighted by atomic mass is 16.3. The van der Waals surface area contributed by atoms with E-state index in [9.17, 15) is 9.90 Å². The maximum absolute atomic E-state index is 10.8. The van der Waals surface area contributed by atoms with Crippen LogP contribution in [-0.2, 0) is 10.2 Å². The Bertz CT molecular complexity index is 349. The number of aliphatic hydroxyl groups is 1. The van der Waals surface area contributed by atoms with Crippen molar-refractivity contribution >= 4 is 5.91 Å². The fourth-order valence-electron chi connectivity index (χ4n) is 1.33. The summed E-state index contributed by atoms with van der Waals surface area (Å²) in [7, 11) is 0. The molecule has 0 spiro atoms. The summed E-state index contributed by atoms with van der Waals surface area (Å²) in [6.07, 6.45) is -1.21. The molecule has 0 saturated heterocycles. The summed E-state index contributed by atoms with van der Waals surface area (Å²) >= 11 is 0. The number of carbonyl (C=O) groups is 1. The first-order chi connectivity index (χ1) is 6.82. The van der Waals surface area contributed by atoms with Gasteiger partial charge in [-0.1, -0.05) is 45.0 Å². The molecule has 1 unspecified atom stereocenters. The lowest BCUT2D eigenvalue weighted by Gasteiger charge is -2.19. The third kappa shape index (κ3) is 2.80. The minimum Gasteiger partial charge on any atom is -0.378 e. The van der Waals surface area contributed by atoms with Crippen LogP contribution < -0.4 is 5.73 Å². The van der Waals surface area contributed by atoms with Crippen molar-refractivity contribution in [3.8, 4) is 0 Å². The van der Waals surface area contributed by atoms with Crippen LogP contribution >= 0.6 is 0 Å². The molecule has 0 radical (unpaired) electrons. The molecule has 0 bridgehead atoms. The van der Waals surface area contributed by atoms with Crippen LogP contribution in [0.15, 0.2) is 24.3 Å². The number of amides is 1. The first-order valence-electron chi connectivity index (χ1n) is 4.90. The Labute approximate surface area is 89.9 Å². The molecule has 1 aromatic carbocycles. The summed E-state index contributed by atoms with van der Waals surface area (Å²) in [5.74, 6) is -0.724. The summed E-state index contributed by atoms with van der Waals surface area (Å²) in [5.41, 5.74) is 6.76. The van der Waals surface area contributed by atoms with Crippen molar-refractivity contribution in [2.24, 2.45) is 5.73 Å². The summed E-state index contributed by atoms with van der Waals surface area (Å²) in [5, 5.41) is 9.42. The Kier molecular flexibility index (Phi) is 3.15. The van der Waals surface area contributed by atoms with E-state index < -0.39 is 12.0 Å². The second kappa shape index (κ2) is 4.03. The fourth-order valence-corrected chi connectivity index (χ4v) is 1.33. The maximum atomic E-state index is 10.8. The van der Waals surface area contributed by atoms with Crippen molar-refractivity contribution < 1.29 is 9.90 Å². The predicted octanol–water partition coefficient (Wildman–Crippen LogP) is 1.50. The van der Waals surface area contributed by atoms with Crippen molar-refractivity contribution in [1.29, 1.82) is 0 Å². The molecule has 1 atom stereocenters. The molecule has 3 N–H and O–H groups in total. The van der Waals surface area contributed by atoms with Crippen LogP contribution in [0, 0.1) is 0 Å². The zero-order valence-electron chi connectivity index (χ0n) is 9.32. The molecule has 0 saturated carbocycles. The molecule has 1 rings (SSSR count). The highest BCUT2D eigenvalue weighted by Gasteiger charge is 2.16. The largest absolute Gasteiger partial charge is 0.378 e. The van der Waals surface area contributed by atoms with Crippen LogP contribution in [0.2, 0.25) is 0 Å². The summed E-state index contributed by atoms with van der Waals surface area (Å²) in [6.45, 7) is 6.31. The Hall–Kier alpha value is -1.35. The normalized spacial score (nSPS) is 13.6. The fraction of sp³-hybridized carbons (Fsp3) is 0.417. The van der Waals surface area contributed by atoms with Gasteiger partial charge in [0, 0.05) is 0 Å². The van der Waals surface area contributed by atoms with Crippen molar-refractivity contribution in [3.05, 3.63) is 35.4 Å². The number of benzene rings is 1. The van der Waals surface area contributed by atoms with Gasteiger partial charge in [0.1, 0.15) is 0 Å². The first kappa shape index (κ1) is 11.7. The van der Waals surface area contributed by atoms with E-state index in [-0.39, 0.29) is 5.41 Å². The van der Waals surface area contributed by atoms with Gasteiger partial charge in [-0.05, 0) is 16.5 Å². The van der Waals surface area contributed by atoms with E-state index in [2.05, 4.69) is 20.8 Å². The summed E-state index contributed by atoms with van der Waals surface area (Å²) in [4.78, 5) is 10.8. The average molecular weight is 207 g/mol. The quantitative estimate of drug-likeness (QED) is 0.772. The van der Waals surface area contributed by atoms with Crippen molar-refractivity contribution in [2.45, 2.75) is 32.3 Å². The van der Waals surface area contributed by atoms with Gasteiger partial charge < -0.3 is 10.8 Å². The lowest BCUT2D eigenvalue weighted by Crippen LogP contribution is -2.21. The Balaban J connectivity index is 2.95. The Morgan fingerprint density at radius 2 is 1.73 bits per heavy atom. The van der Waals surface area contributed by atoms with Gasteiger partial charge in [-0.2, -0.15) is 0 Å². The first-order valence-corrected chi connectivity index (χ1v) is 4.90. The molecule has 0 heterocycles. The van der Waals surface area contributed by atoms with Crippen LogP contribution in [-0.4, -0.2) is 11.0 Å². The third-order valence-corrected chi connectivity index (χ3v) is 2.36. The second-order valence-electron chi connectivity index (χ2n) is 4.68. The molecule has 0 aromatic heterocycles. The van der Waals surface area contributed by atoms with Gasteiger partial charge in [-0.3, -0.25) is 4.79 Å². The smallest absolute Gasteiger partial charge is 0.250 e. The monoisotopic (exact) mass is 207 g/mol. The van der Waals surface area contributed by atoms with Crippen LogP contribution in [0.1, 0.15) is 38.0 Å². The van der Waals surface area contributed by atoms with Gasteiger partial charge in [-0.25, -0.2) is 0 Å². The molecule has 3 heteroatoms. The zero-order chi connectivity index (χ0) is 11.6. The lowest BCUT2D eigenvalue weighted by atomic mass is 9.86. The molecule has 0 aliphatic heterocycles. The Morgan fingerprint density at radius 1 is 1.27 bits per heavy atom. The van der Waals surface area contributed by atoms with Crippen molar-refractivity contribution in [1.82, 2.24) is 0 Å². The van der Waals surface area contributed by atoms with Gasteiger partial charge in [0.15, 0.2) is 6.10 Å². The molecular weight excluding hydrogens is 190 g/mol. The van der Waals surface area contributed by atoms with Gasteiger partial charge in [-0.15, -0.1) is 0 Å². The number of hydrogen-bond acceptors (Lipinski definition) is 2. The molecule has 0 aliphatic rings. The van der Waals surface area contributed by atoms with E-state index in [1.165, 1.54) is 0 Å². The molecule has 3 nitrogen and oxygen atoms in total. The van der Waals surface area contributed by atoms with Crippen LogP contribution in [0.5, 0.6) is 0 Å². The van der Waals surface area contributed by atoms with E-state index in [1.54, 1.807) is 12.1 Å². The minimum atomic E-state index is -1.21. The van der Waals surface area contributed by atoms with Crippen molar-refractivity contribution in [2.75, 3.05) is 0 Å². The number of nitrogens with two attached hydrogens (primary N) is 1. The SMILES string of the molecule is CC(C)(C)c1ccc(C(O)C(N)=O)cc1. The summed E-state index contributed by atoms with van der Waals surface area (Å²) in [6, 6.07) is 7.27. The van der Waals surface area contributed by atoms with Gasteiger partial charge in [0.05, 0.1) is 0 Å². The number of rotatable bonds is 2. The topological polar surface area (TPSA) is 63.3 Å². The standard InChI is InChI=1S/C12H17NO2/c1-12(2,3)9-6-4-8(5-7-9)10(14)11(13)15/h4-7,10,14H,1-3H3,(H2,13,15). The molecule has 0 aliphatic carbocycles. The molecule has 82 valence electrons. The lowest BCUT2D eigenvalue weighted by molar-refractivity contribution is -0.126. The molecule has 0 fully saturated rings. The van der Waals surface area contributed by atoms with Crippen LogP contribution in [0.3, 0.4) is 0 Å². The number of aliphatic hydroxyl groups excluding tert-OH is 1. The molecule has 1 amide bonds. The van der Waals surface area contributed by atoms with E-state index in [0.29, 0.717) is 5.56 Å². The second-order valence-corrected chi connectivity index (χ2v) is 4.68. The van der Waals surface area contributed by atoms with Gasteiger partial charge >= 0.3 is 0 Å². The van der Waals surface area contributed by atoms with Gasteiger partial charge in [0.2, 0.25) is 0 Å². The minimum absolute atomic E-state index is 0.0657. The number of carbonyl (C=O) groups excluding carboxylic acids is 1. The van der Waals surface area contributed by atoms with Gasteiger partial charge in [0.25, 0.3) is 5.91 Å². The maximum Gasteiger partial charge on any atom is 0.250 e. The zero-order valence-corrected chi connectivity index (χ0v) is 9.32. The Morgan fingerprint density at radius 3 is 2.07 bits per heavy atom. The van der Waals surface area contributed by atoms with E-state index in [1.807, 2.05) is 12.1 Å². The third-order valence-electron chi connectivity index (χ3n) is 2.36. The van der Waals surface area contributed by atoms with E-state index >= 15 is 0 Å². The molecule has 1 aromatic rings. The number of hydrogen-bond donors (Lipinski definition) is 2. The van der Waals surface area contributed by atoms with Crippen LogP contribution in [0.25, 0.3) is 0 Å². The van der Waals surface area contributed by atoms with Crippen LogP contribution in [0.4, 0.5) is 0 Å². The molecular formula is C12H17NO2. The van der Waals surface area contributed by atoms with E-state index in [4.69, 9.17) is 5.73 Å². The highest BCUT2D eigenvalue weighted by Crippen LogP contribution is 2.23. The van der Waals surface area contributed by atoms with E-state index in [0.717, 1.165) is 5.56 Å². The summed E-state index contributed by atoms with van der Waals surface area (Å²) < 4.78 is 0. The predicted molar refractivity (Wildman–Crippen MR) is 59.3 cm³/mol. The average Bonchev–Trinajstić information content (AvgIpc) is 2.15. The van der Waals surface area contributed by atoms with Crippen molar-refractivity contribution in [3.63, 3.8) is 0 Å².